The third kappa shape index (κ3) is 2.95. The third-order valence-corrected chi connectivity index (χ3v) is 3.90. The van der Waals surface area contributed by atoms with Gasteiger partial charge in [0.15, 0.2) is 0 Å². The normalized spacial score (nSPS) is 14.5. The number of nitrogens with one attached hydrogen (secondary N) is 1. The molecule has 0 aliphatic heterocycles. The topological polar surface area (TPSA) is 24.9 Å². The van der Waals surface area contributed by atoms with Crippen LogP contribution in [0.3, 0.4) is 0 Å². The lowest BCUT2D eigenvalue weighted by molar-refractivity contribution is 0.377. The monoisotopic (exact) mass is 256 g/mol. The highest BCUT2D eigenvalue weighted by Crippen LogP contribution is 2.26. The smallest absolute Gasteiger partial charge is 0.0708 e. The van der Waals surface area contributed by atoms with E-state index in [1.54, 1.807) is 0 Å². The average Bonchev–Trinajstić information content (AvgIpc) is 2.44. The van der Waals surface area contributed by atoms with E-state index >= 15 is 0 Å². The molecular formula is C17H24N2. The number of fused-ring (bicyclic) bond motifs is 1. The van der Waals surface area contributed by atoms with Gasteiger partial charge in [0.25, 0.3) is 0 Å². The van der Waals surface area contributed by atoms with Gasteiger partial charge in [-0.3, -0.25) is 4.98 Å². The molecule has 0 saturated heterocycles. The van der Waals surface area contributed by atoms with Crippen LogP contribution in [0.2, 0.25) is 0 Å². The fourth-order valence-corrected chi connectivity index (χ4v) is 2.59. The molecule has 2 rings (SSSR count). The molecule has 19 heavy (non-hydrogen) atoms. The summed E-state index contributed by atoms with van der Waals surface area (Å²) in [6.07, 6.45) is 1.16. The maximum Gasteiger partial charge on any atom is 0.0708 e. The largest absolute Gasteiger partial charge is 0.309 e. The van der Waals surface area contributed by atoms with Crippen molar-refractivity contribution in [3.05, 3.63) is 41.6 Å². The van der Waals surface area contributed by atoms with Crippen molar-refractivity contribution in [2.24, 2.45) is 5.92 Å². The SMILES string of the molecule is CCNC(c1cc(C)c2ccccc2n1)C(C)CC. The first-order valence-corrected chi connectivity index (χ1v) is 7.27. The van der Waals surface area contributed by atoms with E-state index in [4.69, 9.17) is 4.98 Å². The van der Waals surface area contributed by atoms with Crippen molar-refractivity contribution in [2.45, 2.75) is 40.2 Å². The fourth-order valence-electron chi connectivity index (χ4n) is 2.59. The van der Waals surface area contributed by atoms with E-state index in [0.29, 0.717) is 12.0 Å². The summed E-state index contributed by atoms with van der Waals surface area (Å²) in [7, 11) is 0. The first-order chi connectivity index (χ1) is 9.17. The van der Waals surface area contributed by atoms with Gasteiger partial charge in [0.2, 0.25) is 0 Å². The van der Waals surface area contributed by atoms with Gasteiger partial charge in [-0.2, -0.15) is 0 Å². The van der Waals surface area contributed by atoms with E-state index in [0.717, 1.165) is 18.5 Å². The minimum absolute atomic E-state index is 0.346. The number of para-hydroxylation sites is 1. The number of nitrogens with zero attached hydrogens (tertiary/aromatic N) is 1. The molecule has 0 spiro atoms. The molecule has 0 aliphatic rings. The molecule has 0 saturated carbocycles. The number of hydrogen-bond donors (Lipinski definition) is 1. The number of pyridine rings is 1. The van der Waals surface area contributed by atoms with Crippen molar-refractivity contribution in [3.63, 3.8) is 0 Å². The lowest BCUT2D eigenvalue weighted by atomic mass is 9.94. The molecule has 2 nitrogen and oxygen atoms in total. The van der Waals surface area contributed by atoms with Crippen LogP contribution in [0.15, 0.2) is 30.3 Å². The maximum atomic E-state index is 4.86. The maximum absolute atomic E-state index is 4.86. The molecule has 2 aromatic rings. The molecule has 102 valence electrons. The second kappa shape index (κ2) is 6.16. The molecule has 0 radical (unpaired) electrons. The Bertz CT molecular complexity index is 548. The first-order valence-electron chi connectivity index (χ1n) is 7.27. The van der Waals surface area contributed by atoms with E-state index < -0.39 is 0 Å². The highest BCUT2D eigenvalue weighted by Gasteiger charge is 2.19. The van der Waals surface area contributed by atoms with Gasteiger partial charge < -0.3 is 5.32 Å². The predicted octanol–water partition coefficient (Wildman–Crippen LogP) is 4.24. The van der Waals surface area contributed by atoms with Gasteiger partial charge >= 0.3 is 0 Å². The summed E-state index contributed by atoms with van der Waals surface area (Å²) in [4.78, 5) is 4.86. The van der Waals surface area contributed by atoms with Crippen LogP contribution in [0.5, 0.6) is 0 Å². The molecule has 0 bridgehead atoms. The zero-order valence-electron chi connectivity index (χ0n) is 12.4. The van der Waals surface area contributed by atoms with Gasteiger partial charge in [-0.05, 0) is 37.1 Å². The molecule has 1 heterocycles. The Hall–Kier alpha value is -1.41. The van der Waals surface area contributed by atoms with Gasteiger partial charge in [-0.25, -0.2) is 0 Å². The molecule has 1 aromatic carbocycles. The Morgan fingerprint density at radius 2 is 1.95 bits per heavy atom. The molecular weight excluding hydrogens is 232 g/mol. The molecule has 0 fully saturated rings. The van der Waals surface area contributed by atoms with Crippen molar-refractivity contribution in [2.75, 3.05) is 6.54 Å². The van der Waals surface area contributed by atoms with Crippen molar-refractivity contribution >= 4 is 10.9 Å². The summed E-state index contributed by atoms with van der Waals surface area (Å²) in [6.45, 7) is 9.83. The van der Waals surface area contributed by atoms with Gasteiger partial charge in [-0.1, -0.05) is 45.4 Å². The molecule has 0 amide bonds. The summed E-state index contributed by atoms with van der Waals surface area (Å²) >= 11 is 0. The molecule has 1 aromatic heterocycles. The summed E-state index contributed by atoms with van der Waals surface area (Å²) in [5, 5.41) is 4.83. The van der Waals surface area contributed by atoms with Crippen LogP contribution in [-0.2, 0) is 0 Å². The van der Waals surface area contributed by atoms with Gasteiger partial charge in [0, 0.05) is 5.39 Å². The molecule has 2 unspecified atom stereocenters. The van der Waals surface area contributed by atoms with E-state index in [1.165, 1.54) is 16.6 Å². The lowest BCUT2D eigenvalue weighted by Gasteiger charge is -2.24. The Morgan fingerprint density at radius 1 is 1.21 bits per heavy atom. The van der Waals surface area contributed by atoms with Crippen molar-refractivity contribution < 1.29 is 0 Å². The number of rotatable bonds is 5. The summed E-state index contributed by atoms with van der Waals surface area (Å²) in [6, 6.07) is 11.0. The third-order valence-electron chi connectivity index (χ3n) is 3.90. The van der Waals surface area contributed by atoms with E-state index in [2.05, 4.69) is 63.3 Å². The highest BCUT2D eigenvalue weighted by molar-refractivity contribution is 5.82. The van der Waals surface area contributed by atoms with E-state index in [-0.39, 0.29) is 0 Å². The molecule has 0 aliphatic carbocycles. The second-order valence-corrected chi connectivity index (χ2v) is 5.30. The van der Waals surface area contributed by atoms with Crippen LogP contribution in [0, 0.1) is 12.8 Å². The standard InChI is InChI=1S/C17H24N2/c1-5-12(3)17(18-6-2)16-11-13(4)14-9-7-8-10-15(14)19-16/h7-12,17-18H,5-6H2,1-4H3. The van der Waals surface area contributed by atoms with Gasteiger partial charge in [0.1, 0.15) is 0 Å². The Kier molecular flexibility index (Phi) is 4.54. The Balaban J connectivity index is 2.48. The van der Waals surface area contributed by atoms with Crippen molar-refractivity contribution in [1.82, 2.24) is 10.3 Å². The van der Waals surface area contributed by atoms with Crippen molar-refractivity contribution in [1.29, 1.82) is 0 Å². The van der Waals surface area contributed by atoms with Crippen LogP contribution in [0.4, 0.5) is 0 Å². The zero-order valence-corrected chi connectivity index (χ0v) is 12.4. The summed E-state index contributed by atoms with van der Waals surface area (Å²) < 4.78 is 0. The van der Waals surface area contributed by atoms with E-state index in [9.17, 15) is 0 Å². The Labute approximate surface area is 116 Å². The van der Waals surface area contributed by atoms with Crippen LogP contribution in [-0.4, -0.2) is 11.5 Å². The van der Waals surface area contributed by atoms with Crippen LogP contribution >= 0.6 is 0 Å². The highest BCUT2D eigenvalue weighted by atomic mass is 14.9. The van der Waals surface area contributed by atoms with Crippen LogP contribution in [0.1, 0.15) is 44.5 Å². The number of aryl methyl sites for hydroxylation is 1. The number of aromatic nitrogens is 1. The number of hydrogen-bond acceptors (Lipinski definition) is 2. The summed E-state index contributed by atoms with van der Waals surface area (Å²) in [5.74, 6) is 0.591. The van der Waals surface area contributed by atoms with Crippen molar-refractivity contribution in [3.8, 4) is 0 Å². The second-order valence-electron chi connectivity index (χ2n) is 5.30. The van der Waals surface area contributed by atoms with Crippen LogP contribution in [0.25, 0.3) is 10.9 Å². The fraction of sp³-hybridized carbons (Fsp3) is 0.471. The van der Waals surface area contributed by atoms with E-state index in [1.807, 2.05) is 0 Å². The van der Waals surface area contributed by atoms with Crippen LogP contribution < -0.4 is 5.32 Å². The summed E-state index contributed by atoms with van der Waals surface area (Å²) in [5.41, 5.74) is 3.59. The average molecular weight is 256 g/mol. The zero-order chi connectivity index (χ0) is 13.8. The molecule has 2 atom stereocenters. The minimum Gasteiger partial charge on any atom is -0.309 e. The lowest BCUT2D eigenvalue weighted by Crippen LogP contribution is -2.27. The molecule has 1 N–H and O–H groups in total. The van der Waals surface area contributed by atoms with Gasteiger partial charge in [0.05, 0.1) is 17.3 Å². The predicted molar refractivity (Wildman–Crippen MR) is 82.4 cm³/mol. The molecule has 2 heteroatoms. The van der Waals surface area contributed by atoms with Gasteiger partial charge in [-0.15, -0.1) is 0 Å². The number of benzene rings is 1. The minimum atomic E-state index is 0.346. The first kappa shape index (κ1) is 14.0. The quantitative estimate of drug-likeness (QED) is 0.865. The Morgan fingerprint density at radius 3 is 2.63 bits per heavy atom.